The fourth-order valence-corrected chi connectivity index (χ4v) is 1.97. The van der Waals surface area contributed by atoms with E-state index in [-0.39, 0.29) is 16.5 Å². The van der Waals surface area contributed by atoms with E-state index in [1.165, 1.54) is 13.0 Å². The molecule has 88 valence electrons. The van der Waals surface area contributed by atoms with Crippen LogP contribution in [-0.2, 0) is 0 Å². The van der Waals surface area contributed by atoms with Crippen molar-refractivity contribution in [3.05, 3.63) is 21.1 Å². The first-order chi connectivity index (χ1) is 7.56. The van der Waals surface area contributed by atoms with Crippen LogP contribution in [0.2, 0.25) is 0 Å². The maximum atomic E-state index is 11.1. The number of nitro groups is 1. The van der Waals surface area contributed by atoms with E-state index in [1.54, 1.807) is 0 Å². The number of carbonyl (C=O) groups excluding carboxylic acids is 1. The molecule has 6 heteroatoms. The lowest BCUT2D eigenvalue weighted by Gasteiger charge is -2.00. The minimum atomic E-state index is -0.524. The average Bonchev–Trinajstić information content (AvgIpc) is 2.62. The second kappa shape index (κ2) is 5.60. The minimum absolute atomic E-state index is 0.119. The molecule has 0 aliphatic heterocycles. The summed E-state index contributed by atoms with van der Waals surface area (Å²) in [6.07, 6.45) is 1.79. The molecule has 0 bridgehead atoms. The van der Waals surface area contributed by atoms with Crippen LogP contribution < -0.4 is 4.74 Å². The van der Waals surface area contributed by atoms with E-state index >= 15 is 0 Å². The van der Waals surface area contributed by atoms with Crippen molar-refractivity contribution in [2.45, 2.75) is 26.7 Å². The zero-order valence-corrected chi connectivity index (χ0v) is 10.0. The molecule has 0 aromatic carbocycles. The number of hydrogen-bond acceptors (Lipinski definition) is 5. The molecule has 0 fully saturated rings. The Hall–Kier alpha value is -1.43. The van der Waals surface area contributed by atoms with Gasteiger partial charge in [-0.15, -0.1) is 0 Å². The van der Waals surface area contributed by atoms with E-state index in [4.69, 9.17) is 4.74 Å². The van der Waals surface area contributed by atoms with Crippen LogP contribution in [0.25, 0.3) is 0 Å². The van der Waals surface area contributed by atoms with Crippen LogP contribution in [0.15, 0.2) is 6.07 Å². The highest BCUT2D eigenvalue weighted by Crippen LogP contribution is 2.37. The van der Waals surface area contributed by atoms with Gasteiger partial charge in [-0.25, -0.2) is 0 Å². The SMILES string of the molecule is CCCCOc1sc(C(C)=O)cc1[N+](=O)[O-]. The van der Waals surface area contributed by atoms with E-state index in [1.807, 2.05) is 6.92 Å². The zero-order valence-electron chi connectivity index (χ0n) is 9.19. The highest BCUT2D eigenvalue weighted by Gasteiger charge is 2.22. The number of Topliss-reactive ketones (excluding diaryl/α,β-unsaturated/α-hetero) is 1. The molecule has 16 heavy (non-hydrogen) atoms. The monoisotopic (exact) mass is 243 g/mol. The number of unbranched alkanes of at least 4 members (excludes halogenated alkanes) is 1. The Morgan fingerprint density at radius 3 is 2.81 bits per heavy atom. The molecule has 0 aliphatic carbocycles. The first kappa shape index (κ1) is 12.6. The van der Waals surface area contributed by atoms with E-state index in [0.29, 0.717) is 11.5 Å². The number of rotatable bonds is 6. The van der Waals surface area contributed by atoms with Gasteiger partial charge in [0, 0.05) is 6.07 Å². The van der Waals surface area contributed by atoms with Crippen LogP contribution in [0.5, 0.6) is 5.06 Å². The standard InChI is InChI=1S/C10H13NO4S/c1-3-4-5-15-10-8(11(13)14)6-9(16-10)7(2)12/h6H,3-5H2,1-2H3. The van der Waals surface area contributed by atoms with Gasteiger partial charge < -0.3 is 4.74 Å². The fourth-order valence-electron chi connectivity index (χ4n) is 1.08. The van der Waals surface area contributed by atoms with Crippen LogP contribution in [0, 0.1) is 10.1 Å². The molecule has 1 aromatic rings. The van der Waals surface area contributed by atoms with Gasteiger partial charge in [0.05, 0.1) is 16.4 Å². The van der Waals surface area contributed by atoms with Gasteiger partial charge in [-0.3, -0.25) is 14.9 Å². The van der Waals surface area contributed by atoms with Crippen molar-refractivity contribution in [3.8, 4) is 5.06 Å². The Bertz CT molecular complexity index is 400. The Morgan fingerprint density at radius 2 is 2.31 bits per heavy atom. The fraction of sp³-hybridized carbons (Fsp3) is 0.500. The molecule has 1 aromatic heterocycles. The largest absolute Gasteiger partial charge is 0.479 e. The molecule has 0 N–H and O–H groups in total. The number of thiophene rings is 1. The normalized spacial score (nSPS) is 10.1. The smallest absolute Gasteiger partial charge is 0.323 e. The molecule has 0 spiro atoms. The lowest BCUT2D eigenvalue weighted by atomic mass is 10.3. The predicted octanol–water partition coefficient (Wildman–Crippen LogP) is 3.04. The summed E-state index contributed by atoms with van der Waals surface area (Å²) in [5, 5.41) is 10.9. The Labute approximate surface area is 97.2 Å². The Balaban J connectivity index is 2.87. The molecule has 5 nitrogen and oxygen atoms in total. The molecule has 0 radical (unpaired) electrons. The third-order valence-corrected chi connectivity index (χ3v) is 3.09. The van der Waals surface area contributed by atoms with Crippen LogP contribution in [0.1, 0.15) is 36.4 Å². The number of nitrogens with zero attached hydrogens (tertiary/aromatic N) is 1. The highest BCUT2D eigenvalue weighted by atomic mass is 32.1. The van der Waals surface area contributed by atoms with Crippen molar-refractivity contribution >= 4 is 22.8 Å². The maximum absolute atomic E-state index is 11.1. The lowest BCUT2D eigenvalue weighted by molar-refractivity contribution is -0.385. The summed E-state index contributed by atoms with van der Waals surface area (Å²) in [6, 6.07) is 1.27. The van der Waals surface area contributed by atoms with Gasteiger partial charge in [-0.05, 0) is 13.3 Å². The number of ketones is 1. The van der Waals surface area contributed by atoms with Crippen molar-refractivity contribution in [1.82, 2.24) is 0 Å². The average molecular weight is 243 g/mol. The molecule has 0 aliphatic rings. The zero-order chi connectivity index (χ0) is 12.1. The quantitative estimate of drug-likeness (QED) is 0.333. The minimum Gasteiger partial charge on any atom is -0.479 e. The molecular formula is C10H13NO4S. The van der Waals surface area contributed by atoms with Gasteiger partial charge in [0.15, 0.2) is 5.78 Å². The van der Waals surface area contributed by atoms with Crippen LogP contribution in [-0.4, -0.2) is 17.3 Å². The van der Waals surface area contributed by atoms with Gasteiger partial charge in [-0.2, -0.15) is 0 Å². The van der Waals surface area contributed by atoms with Crippen LogP contribution in [0.4, 0.5) is 5.69 Å². The number of carbonyl (C=O) groups is 1. The summed E-state index contributed by atoms with van der Waals surface area (Å²) in [4.78, 5) is 21.6. The van der Waals surface area contributed by atoms with Crippen molar-refractivity contribution in [1.29, 1.82) is 0 Å². The summed E-state index contributed by atoms with van der Waals surface area (Å²) in [7, 11) is 0. The van der Waals surface area contributed by atoms with Gasteiger partial charge in [0.25, 0.3) is 5.06 Å². The Kier molecular flexibility index (Phi) is 4.42. The molecule has 0 atom stereocenters. The van der Waals surface area contributed by atoms with Crippen LogP contribution >= 0.6 is 11.3 Å². The van der Waals surface area contributed by atoms with E-state index in [9.17, 15) is 14.9 Å². The summed E-state index contributed by atoms with van der Waals surface area (Å²) in [5.74, 6) is -0.182. The number of hydrogen-bond donors (Lipinski definition) is 0. The molecule has 1 heterocycles. The van der Waals surface area contributed by atoms with Gasteiger partial charge >= 0.3 is 5.69 Å². The third-order valence-electron chi connectivity index (χ3n) is 1.95. The second-order valence-corrected chi connectivity index (χ2v) is 4.31. The summed E-state index contributed by atoms with van der Waals surface area (Å²) in [5.41, 5.74) is -0.119. The van der Waals surface area contributed by atoms with Crippen molar-refractivity contribution < 1.29 is 14.5 Å². The van der Waals surface area contributed by atoms with Crippen molar-refractivity contribution in [3.63, 3.8) is 0 Å². The molecule has 1 rings (SSSR count). The molecule has 0 saturated heterocycles. The first-order valence-electron chi connectivity index (χ1n) is 4.98. The predicted molar refractivity (Wildman–Crippen MR) is 61.4 cm³/mol. The molecule has 0 saturated carbocycles. The third kappa shape index (κ3) is 3.03. The Morgan fingerprint density at radius 1 is 1.62 bits per heavy atom. The lowest BCUT2D eigenvalue weighted by Crippen LogP contribution is -1.97. The van der Waals surface area contributed by atoms with E-state index in [2.05, 4.69) is 0 Å². The van der Waals surface area contributed by atoms with E-state index in [0.717, 1.165) is 24.2 Å². The first-order valence-corrected chi connectivity index (χ1v) is 5.79. The molecule has 0 unspecified atom stereocenters. The maximum Gasteiger partial charge on any atom is 0.323 e. The highest BCUT2D eigenvalue weighted by molar-refractivity contribution is 7.16. The molecule has 0 amide bonds. The second-order valence-electron chi connectivity index (χ2n) is 3.30. The van der Waals surface area contributed by atoms with Crippen LogP contribution in [0.3, 0.4) is 0 Å². The summed E-state index contributed by atoms with van der Waals surface area (Å²) in [6.45, 7) is 3.83. The van der Waals surface area contributed by atoms with Gasteiger partial charge in [0.2, 0.25) is 0 Å². The van der Waals surface area contributed by atoms with Crippen molar-refractivity contribution in [2.24, 2.45) is 0 Å². The van der Waals surface area contributed by atoms with Gasteiger partial charge in [-0.1, -0.05) is 24.7 Å². The topological polar surface area (TPSA) is 69.4 Å². The van der Waals surface area contributed by atoms with Gasteiger partial charge in [0.1, 0.15) is 0 Å². The number of ether oxygens (including phenoxy) is 1. The van der Waals surface area contributed by atoms with Crippen molar-refractivity contribution in [2.75, 3.05) is 6.61 Å². The summed E-state index contributed by atoms with van der Waals surface area (Å²) >= 11 is 1.03. The molecular weight excluding hydrogens is 230 g/mol. The van der Waals surface area contributed by atoms with E-state index < -0.39 is 4.92 Å². The summed E-state index contributed by atoms with van der Waals surface area (Å²) < 4.78 is 5.29.